The lowest BCUT2D eigenvalue weighted by atomic mass is 9.90. The van der Waals surface area contributed by atoms with Gasteiger partial charge in [0.2, 0.25) is 0 Å². The van der Waals surface area contributed by atoms with Gasteiger partial charge in [-0.3, -0.25) is 4.90 Å². The van der Waals surface area contributed by atoms with Crippen molar-refractivity contribution in [2.24, 2.45) is 5.92 Å². The number of hydrogen-bond acceptors (Lipinski definition) is 8. The van der Waals surface area contributed by atoms with E-state index in [4.69, 9.17) is 18.9 Å². The van der Waals surface area contributed by atoms with E-state index in [1.807, 2.05) is 91.0 Å². The number of ether oxygens (including phenoxy) is 4. The molecule has 2 aliphatic heterocycles. The number of aliphatic hydroxyl groups excluding tert-OH is 1. The molecule has 2 aliphatic rings. The van der Waals surface area contributed by atoms with E-state index in [0.29, 0.717) is 6.42 Å². The van der Waals surface area contributed by atoms with Gasteiger partial charge in [0, 0.05) is 44.1 Å². The molecule has 4 aromatic rings. The summed E-state index contributed by atoms with van der Waals surface area (Å²) in [5.74, 6) is -0.394. The Morgan fingerprint density at radius 3 is 2.25 bits per heavy atom. The number of methoxy groups -OCH3 is 1. The molecule has 0 spiro atoms. The minimum atomic E-state index is -0.806. The molecule has 5 unspecified atom stereocenters. The highest BCUT2D eigenvalue weighted by Gasteiger charge is 2.39. The molecule has 3 N–H and O–H groups in total. The number of carbonyl (C=O) groups is 2. The second-order valence-electron chi connectivity index (χ2n) is 13.1. The molecular formula is C41H47N3O7. The third-order valence-corrected chi connectivity index (χ3v) is 9.64. The van der Waals surface area contributed by atoms with E-state index in [1.54, 1.807) is 0 Å². The molecule has 0 aromatic heterocycles. The van der Waals surface area contributed by atoms with Crippen molar-refractivity contribution in [2.75, 3.05) is 40.0 Å². The van der Waals surface area contributed by atoms with Crippen LogP contribution in [-0.2, 0) is 43.3 Å². The first-order valence-corrected chi connectivity index (χ1v) is 17.6. The van der Waals surface area contributed by atoms with E-state index in [-0.39, 0.29) is 31.3 Å². The van der Waals surface area contributed by atoms with E-state index < -0.39 is 24.3 Å². The van der Waals surface area contributed by atoms with Crippen LogP contribution in [0.2, 0.25) is 0 Å². The van der Waals surface area contributed by atoms with Gasteiger partial charge in [0.25, 0.3) is 0 Å². The molecule has 2 fully saturated rings. The average Bonchev–Trinajstić information content (AvgIpc) is 3.18. The number of urea groups is 1. The van der Waals surface area contributed by atoms with Gasteiger partial charge in [0.1, 0.15) is 6.04 Å². The number of morpholine rings is 1. The maximum Gasteiger partial charge on any atom is 0.328 e. The first kappa shape index (κ1) is 36.2. The Kier molecular flexibility index (Phi) is 12.5. The summed E-state index contributed by atoms with van der Waals surface area (Å²) < 4.78 is 23.8. The summed E-state index contributed by atoms with van der Waals surface area (Å²) in [4.78, 5) is 27.6. The molecule has 268 valence electrons. The highest BCUT2D eigenvalue weighted by atomic mass is 16.7. The quantitative estimate of drug-likeness (QED) is 0.165. The number of rotatable bonds is 12. The van der Waals surface area contributed by atoms with Crippen molar-refractivity contribution in [3.63, 3.8) is 0 Å². The zero-order valence-corrected chi connectivity index (χ0v) is 29.2. The molecule has 0 aliphatic carbocycles. The van der Waals surface area contributed by atoms with Crippen molar-refractivity contribution < 1.29 is 33.6 Å². The Morgan fingerprint density at radius 2 is 1.55 bits per heavy atom. The Hall–Kier alpha value is -4.58. The Bertz CT molecular complexity index is 1710. The SMILES string of the molecule is COC(=O)C(Cc1ccccc1)NC(=O)NCc1cccc(-c2ccc(C3OC(CN4CCOCC4)C(C)C(c4ccc(CO)cc4)O3)cc2)c1. The first-order chi connectivity index (χ1) is 24.9. The highest BCUT2D eigenvalue weighted by Crippen LogP contribution is 2.42. The predicted molar refractivity (Wildman–Crippen MR) is 193 cm³/mol. The molecular weight excluding hydrogens is 646 g/mol. The van der Waals surface area contributed by atoms with Crippen LogP contribution in [0.3, 0.4) is 0 Å². The molecule has 10 nitrogen and oxygen atoms in total. The Morgan fingerprint density at radius 1 is 0.843 bits per heavy atom. The normalized spacial score (nSPS) is 21.4. The van der Waals surface area contributed by atoms with Gasteiger partial charge in [0.15, 0.2) is 6.29 Å². The summed E-state index contributed by atoms with van der Waals surface area (Å²) in [7, 11) is 1.31. The van der Waals surface area contributed by atoms with E-state index in [2.05, 4.69) is 34.6 Å². The Balaban J connectivity index is 1.11. The van der Waals surface area contributed by atoms with Crippen molar-refractivity contribution in [1.82, 2.24) is 15.5 Å². The number of esters is 1. The number of aliphatic hydroxyl groups is 1. The molecule has 0 radical (unpaired) electrons. The molecule has 2 saturated heterocycles. The van der Waals surface area contributed by atoms with Gasteiger partial charge in [-0.15, -0.1) is 0 Å². The van der Waals surface area contributed by atoms with Gasteiger partial charge in [-0.1, -0.05) is 104 Å². The maximum atomic E-state index is 12.8. The minimum absolute atomic E-state index is 0.000503. The first-order valence-electron chi connectivity index (χ1n) is 17.6. The second-order valence-corrected chi connectivity index (χ2v) is 13.1. The molecule has 2 heterocycles. The molecule has 4 aromatic carbocycles. The lowest BCUT2D eigenvalue weighted by Crippen LogP contribution is -2.47. The number of nitrogens with one attached hydrogen (secondary N) is 2. The fourth-order valence-electron chi connectivity index (χ4n) is 6.64. The monoisotopic (exact) mass is 693 g/mol. The van der Waals surface area contributed by atoms with Crippen LogP contribution in [0.5, 0.6) is 0 Å². The molecule has 51 heavy (non-hydrogen) atoms. The molecule has 5 atom stereocenters. The van der Waals surface area contributed by atoms with Crippen LogP contribution in [0.15, 0.2) is 103 Å². The molecule has 6 rings (SSSR count). The van der Waals surface area contributed by atoms with Crippen LogP contribution in [0.25, 0.3) is 11.1 Å². The van der Waals surface area contributed by atoms with E-state index in [1.165, 1.54) is 7.11 Å². The lowest BCUT2D eigenvalue weighted by Gasteiger charge is -2.43. The van der Waals surface area contributed by atoms with Crippen molar-refractivity contribution in [2.45, 2.75) is 51.0 Å². The Labute approximate surface area is 299 Å². The van der Waals surface area contributed by atoms with Gasteiger partial charge >= 0.3 is 12.0 Å². The lowest BCUT2D eigenvalue weighted by molar-refractivity contribution is -0.277. The summed E-state index contributed by atoms with van der Waals surface area (Å²) in [6.45, 7) is 6.47. The summed E-state index contributed by atoms with van der Waals surface area (Å²) in [6.07, 6.45) is -0.444. The fraction of sp³-hybridized carbons (Fsp3) is 0.366. The second kappa shape index (κ2) is 17.6. The highest BCUT2D eigenvalue weighted by molar-refractivity contribution is 5.83. The molecule has 0 bridgehead atoms. The van der Waals surface area contributed by atoms with E-state index >= 15 is 0 Å². The van der Waals surface area contributed by atoms with E-state index in [9.17, 15) is 14.7 Å². The number of carbonyl (C=O) groups excluding carboxylic acids is 2. The van der Waals surface area contributed by atoms with Gasteiger partial charge in [-0.25, -0.2) is 9.59 Å². The number of benzene rings is 4. The van der Waals surface area contributed by atoms with Crippen LogP contribution >= 0.6 is 0 Å². The van der Waals surface area contributed by atoms with Gasteiger partial charge in [-0.2, -0.15) is 0 Å². The van der Waals surface area contributed by atoms with Crippen LogP contribution in [0.4, 0.5) is 4.79 Å². The molecule has 2 amide bonds. The largest absolute Gasteiger partial charge is 0.467 e. The standard InChI is InChI=1S/C41H47N3O7/c1-28-37(26-44-19-21-49-22-20-44)50-40(51-38(28)33-13-11-30(27-45)12-14-33)34-17-15-32(16-18-34)35-10-6-9-31(23-35)25-42-41(47)43-36(39(46)48-2)24-29-7-4-3-5-8-29/h3-18,23,28,36-38,40,45H,19-22,24-27H2,1-2H3,(H2,42,43,47). The third-order valence-electron chi connectivity index (χ3n) is 9.64. The predicted octanol–water partition coefficient (Wildman–Crippen LogP) is 5.55. The van der Waals surface area contributed by atoms with E-state index in [0.717, 1.165) is 71.8 Å². The molecule has 0 saturated carbocycles. The smallest absolute Gasteiger partial charge is 0.328 e. The number of nitrogens with zero attached hydrogens (tertiary/aromatic N) is 1. The van der Waals surface area contributed by atoms with Crippen LogP contribution in [-0.4, -0.2) is 74.1 Å². The summed E-state index contributed by atoms with van der Waals surface area (Å²) in [5, 5.41) is 15.2. The number of hydrogen-bond donors (Lipinski definition) is 3. The topological polar surface area (TPSA) is 119 Å². The van der Waals surface area contributed by atoms with Crippen LogP contribution in [0.1, 0.15) is 47.1 Å². The minimum Gasteiger partial charge on any atom is -0.467 e. The number of amides is 2. The van der Waals surface area contributed by atoms with Crippen LogP contribution < -0.4 is 10.6 Å². The maximum absolute atomic E-state index is 12.8. The summed E-state index contributed by atoms with van der Waals surface area (Å²) in [6, 6.07) is 32.4. The fourth-order valence-corrected chi connectivity index (χ4v) is 6.64. The molecule has 10 heteroatoms. The van der Waals surface area contributed by atoms with Gasteiger partial charge in [-0.05, 0) is 39.4 Å². The van der Waals surface area contributed by atoms with Crippen molar-refractivity contribution >= 4 is 12.0 Å². The zero-order chi connectivity index (χ0) is 35.6. The summed E-state index contributed by atoms with van der Waals surface area (Å²) in [5.41, 5.74) is 6.72. The van der Waals surface area contributed by atoms with Crippen molar-refractivity contribution in [1.29, 1.82) is 0 Å². The third kappa shape index (κ3) is 9.61. The van der Waals surface area contributed by atoms with Crippen LogP contribution in [0, 0.1) is 5.92 Å². The van der Waals surface area contributed by atoms with Crippen molar-refractivity contribution in [3.05, 3.63) is 131 Å². The summed E-state index contributed by atoms with van der Waals surface area (Å²) >= 11 is 0. The van der Waals surface area contributed by atoms with Crippen molar-refractivity contribution in [3.8, 4) is 11.1 Å². The van der Waals surface area contributed by atoms with Gasteiger partial charge < -0.3 is 34.7 Å². The van der Waals surface area contributed by atoms with Gasteiger partial charge in [0.05, 0.1) is 39.1 Å². The zero-order valence-electron chi connectivity index (χ0n) is 29.2. The average molecular weight is 694 g/mol.